The number of oxime groups is 1. The Kier molecular flexibility index (Phi) is 3.87. The van der Waals surface area contributed by atoms with Gasteiger partial charge in [0.1, 0.15) is 0 Å². The molecule has 0 bridgehead atoms. The average molecular weight is 203 g/mol. The number of hydrogen-bond donors (Lipinski definition) is 2. The molecule has 13 heavy (non-hydrogen) atoms. The molecule has 0 aromatic heterocycles. The highest BCUT2D eigenvalue weighted by Crippen LogP contribution is 2.22. The lowest BCUT2D eigenvalue weighted by Crippen LogP contribution is -2.46. The van der Waals surface area contributed by atoms with Gasteiger partial charge in [-0.2, -0.15) is 11.8 Å². The van der Waals surface area contributed by atoms with Crippen molar-refractivity contribution < 1.29 is 5.21 Å². The first-order chi connectivity index (χ1) is 6.16. The first-order valence-electron chi connectivity index (χ1n) is 4.44. The normalized spacial score (nSPS) is 26.7. The van der Waals surface area contributed by atoms with Crippen molar-refractivity contribution in [1.29, 1.82) is 0 Å². The molecule has 4 nitrogen and oxygen atoms in total. The van der Waals surface area contributed by atoms with E-state index in [0.29, 0.717) is 11.9 Å². The molecule has 1 aliphatic rings. The zero-order valence-electron chi connectivity index (χ0n) is 8.10. The molecule has 1 rings (SSSR count). The predicted octanol–water partition coefficient (Wildman–Crippen LogP) is 0.559. The highest BCUT2D eigenvalue weighted by Gasteiger charge is 2.25. The summed E-state index contributed by atoms with van der Waals surface area (Å²) in [7, 11) is 2.03. The summed E-state index contributed by atoms with van der Waals surface area (Å²) in [6.07, 6.45) is 1.20. The van der Waals surface area contributed by atoms with E-state index in [2.05, 4.69) is 10.1 Å². The monoisotopic (exact) mass is 203 g/mol. The highest BCUT2D eigenvalue weighted by atomic mass is 32.2. The summed E-state index contributed by atoms with van der Waals surface area (Å²) >= 11 is 1.96. The van der Waals surface area contributed by atoms with E-state index in [4.69, 9.17) is 10.9 Å². The molecular formula is C8H17N3OS. The summed E-state index contributed by atoms with van der Waals surface area (Å²) in [5, 5.41) is 11.6. The van der Waals surface area contributed by atoms with Crippen molar-refractivity contribution in [2.45, 2.75) is 25.4 Å². The number of nitrogens with zero attached hydrogens (tertiary/aromatic N) is 2. The van der Waals surface area contributed by atoms with Crippen molar-refractivity contribution >= 4 is 17.6 Å². The van der Waals surface area contributed by atoms with E-state index in [1.54, 1.807) is 0 Å². The van der Waals surface area contributed by atoms with E-state index < -0.39 is 0 Å². The van der Waals surface area contributed by atoms with Crippen molar-refractivity contribution in [3.63, 3.8) is 0 Å². The van der Waals surface area contributed by atoms with Crippen LogP contribution in [-0.4, -0.2) is 46.6 Å². The maximum atomic E-state index is 8.53. The molecule has 76 valence electrons. The van der Waals surface area contributed by atoms with E-state index in [-0.39, 0.29) is 6.04 Å². The first-order valence-corrected chi connectivity index (χ1v) is 5.59. The van der Waals surface area contributed by atoms with E-state index in [1.165, 1.54) is 12.2 Å². The molecule has 0 aromatic rings. The Balaban J connectivity index is 2.50. The first kappa shape index (κ1) is 10.7. The summed E-state index contributed by atoms with van der Waals surface area (Å²) in [5.74, 6) is 2.66. The summed E-state index contributed by atoms with van der Waals surface area (Å²) in [5.41, 5.74) is 5.54. The Morgan fingerprint density at radius 2 is 2.46 bits per heavy atom. The second-order valence-electron chi connectivity index (χ2n) is 3.38. The van der Waals surface area contributed by atoms with Gasteiger partial charge in [0.05, 0.1) is 6.04 Å². The van der Waals surface area contributed by atoms with Crippen LogP contribution in [0, 0.1) is 0 Å². The fourth-order valence-corrected chi connectivity index (χ4v) is 2.73. The molecular weight excluding hydrogens is 186 g/mol. The summed E-state index contributed by atoms with van der Waals surface area (Å²) in [6.45, 7) is 1.96. The molecule has 0 saturated carbocycles. The van der Waals surface area contributed by atoms with Crippen LogP contribution in [0.2, 0.25) is 0 Å². The van der Waals surface area contributed by atoms with E-state index >= 15 is 0 Å². The zero-order valence-corrected chi connectivity index (χ0v) is 8.92. The van der Waals surface area contributed by atoms with Gasteiger partial charge in [-0.1, -0.05) is 5.16 Å². The molecule has 1 heterocycles. The molecule has 1 aliphatic heterocycles. The maximum Gasteiger partial charge on any atom is 0.156 e. The van der Waals surface area contributed by atoms with Gasteiger partial charge in [-0.25, -0.2) is 0 Å². The molecule has 1 fully saturated rings. The van der Waals surface area contributed by atoms with Gasteiger partial charge in [0.2, 0.25) is 0 Å². The van der Waals surface area contributed by atoms with Crippen LogP contribution < -0.4 is 5.73 Å². The number of thioether (sulfide) groups is 1. The van der Waals surface area contributed by atoms with E-state index in [1.807, 2.05) is 25.7 Å². The fourth-order valence-electron chi connectivity index (χ4n) is 1.45. The summed E-state index contributed by atoms with van der Waals surface area (Å²) in [4.78, 5) is 2.18. The van der Waals surface area contributed by atoms with E-state index in [9.17, 15) is 0 Å². The highest BCUT2D eigenvalue weighted by molar-refractivity contribution is 7.99. The second kappa shape index (κ2) is 4.72. The van der Waals surface area contributed by atoms with Gasteiger partial charge in [0, 0.05) is 11.8 Å². The number of likely N-dealkylation sites (N-methyl/N-ethyl adjacent to an activating group) is 1. The summed E-state index contributed by atoms with van der Waals surface area (Å²) in [6, 6.07) is 0.592. The van der Waals surface area contributed by atoms with Crippen LogP contribution in [0.5, 0.6) is 0 Å². The minimum absolute atomic E-state index is 0.0219. The number of nitrogens with two attached hydrogens (primary N) is 1. The van der Waals surface area contributed by atoms with Crippen molar-refractivity contribution in [2.24, 2.45) is 10.9 Å². The largest absolute Gasteiger partial charge is 0.409 e. The van der Waals surface area contributed by atoms with Gasteiger partial charge in [-0.05, 0) is 26.1 Å². The van der Waals surface area contributed by atoms with Crippen molar-refractivity contribution in [3.8, 4) is 0 Å². The maximum absolute atomic E-state index is 8.53. The predicted molar refractivity (Wildman–Crippen MR) is 56.4 cm³/mol. The number of rotatable bonds is 3. The van der Waals surface area contributed by atoms with Gasteiger partial charge in [0.15, 0.2) is 5.84 Å². The van der Waals surface area contributed by atoms with Crippen LogP contribution in [0.25, 0.3) is 0 Å². The third-order valence-electron chi connectivity index (χ3n) is 2.64. The fraction of sp³-hybridized carbons (Fsp3) is 0.875. The molecule has 1 saturated heterocycles. The Morgan fingerprint density at radius 3 is 2.92 bits per heavy atom. The van der Waals surface area contributed by atoms with Gasteiger partial charge in [-0.3, -0.25) is 4.90 Å². The average Bonchev–Trinajstić information content (AvgIpc) is 2.67. The Bertz CT molecular complexity index is 192. The molecule has 2 atom stereocenters. The second-order valence-corrected chi connectivity index (χ2v) is 4.53. The lowest BCUT2D eigenvalue weighted by molar-refractivity contribution is 0.233. The Hall–Kier alpha value is -0.420. The Morgan fingerprint density at radius 1 is 1.77 bits per heavy atom. The zero-order chi connectivity index (χ0) is 9.84. The van der Waals surface area contributed by atoms with Crippen molar-refractivity contribution in [2.75, 3.05) is 18.6 Å². The van der Waals surface area contributed by atoms with Crippen LogP contribution in [-0.2, 0) is 0 Å². The van der Waals surface area contributed by atoms with Crippen LogP contribution in [0.1, 0.15) is 13.3 Å². The molecule has 2 unspecified atom stereocenters. The molecule has 0 amide bonds. The van der Waals surface area contributed by atoms with E-state index in [0.717, 1.165) is 5.75 Å². The van der Waals surface area contributed by atoms with Gasteiger partial charge < -0.3 is 10.9 Å². The molecule has 0 radical (unpaired) electrons. The van der Waals surface area contributed by atoms with Gasteiger partial charge >= 0.3 is 0 Å². The summed E-state index contributed by atoms with van der Waals surface area (Å²) < 4.78 is 0. The lowest BCUT2D eigenvalue weighted by Gasteiger charge is -2.28. The van der Waals surface area contributed by atoms with Crippen LogP contribution in [0.3, 0.4) is 0 Å². The topological polar surface area (TPSA) is 61.9 Å². The standard InChI is InChI=1S/C8H17N3OS/c1-6(8(9)10-12)11(2)7-3-4-13-5-7/h6-7,12H,3-5H2,1-2H3,(H2,9,10). The third-order valence-corrected chi connectivity index (χ3v) is 3.78. The quantitative estimate of drug-likeness (QED) is 0.304. The van der Waals surface area contributed by atoms with Gasteiger partial charge in [0.25, 0.3) is 0 Å². The molecule has 0 aromatic carbocycles. The minimum atomic E-state index is 0.0219. The van der Waals surface area contributed by atoms with Crippen LogP contribution >= 0.6 is 11.8 Å². The number of hydrogen-bond acceptors (Lipinski definition) is 4. The van der Waals surface area contributed by atoms with Crippen molar-refractivity contribution in [3.05, 3.63) is 0 Å². The molecule has 3 N–H and O–H groups in total. The molecule has 0 spiro atoms. The number of amidine groups is 1. The van der Waals surface area contributed by atoms with Crippen molar-refractivity contribution in [1.82, 2.24) is 4.90 Å². The Labute approximate surface area is 83.2 Å². The van der Waals surface area contributed by atoms with Gasteiger partial charge in [-0.15, -0.1) is 0 Å². The molecule has 5 heteroatoms. The lowest BCUT2D eigenvalue weighted by atomic mass is 10.2. The third kappa shape index (κ3) is 2.51. The minimum Gasteiger partial charge on any atom is -0.409 e. The smallest absolute Gasteiger partial charge is 0.156 e. The van der Waals surface area contributed by atoms with Crippen LogP contribution in [0.15, 0.2) is 5.16 Å². The molecule has 0 aliphatic carbocycles. The SMILES string of the molecule is CC(C(N)=NO)N(C)C1CCSC1. The van der Waals surface area contributed by atoms with Crippen LogP contribution in [0.4, 0.5) is 0 Å².